The maximum atomic E-state index is 6.66. The Morgan fingerprint density at radius 1 is 1.24 bits per heavy atom. The van der Waals surface area contributed by atoms with E-state index in [1.54, 1.807) is 5.56 Å². The zero-order valence-electron chi connectivity index (χ0n) is 22.9. The molecule has 0 spiro atoms. The van der Waals surface area contributed by atoms with Crippen LogP contribution in [0.1, 0.15) is 83.3 Å². The van der Waals surface area contributed by atoms with Gasteiger partial charge in [0, 0.05) is 37.6 Å². The minimum atomic E-state index is -1.82. The summed E-state index contributed by atoms with van der Waals surface area (Å²) in [6.07, 6.45) is 13.8. The number of nitrogens with zero attached hydrogens (tertiary/aromatic N) is 2. The quantitative estimate of drug-likeness (QED) is 0.249. The fraction of sp³-hybridized carbons (Fsp3) is 0.700. The first-order valence-corrected chi connectivity index (χ1v) is 16.3. The van der Waals surface area contributed by atoms with Gasteiger partial charge in [-0.05, 0) is 97.7 Å². The molecule has 4 rings (SSSR count). The van der Waals surface area contributed by atoms with Crippen LogP contribution in [0.3, 0.4) is 0 Å². The van der Waals surface area contributed by atoms with Gasteiger partial charge in [-0.2, -0.15) is 5.10 Å². The normalized spacial score (nSPS) is 31.9. The Labute approximate surface area is 209 Å². The highest BCUT2D eigenvalue weighted by atomic mass is 28.4. The molecule has 1 aromatic rings. The second-order valence-electron chi connectivity index (χ2n) is 13.1. The molecular formula is C30H46N2OSi. The molecule has 3 aliphatic rings. The lowest BCUT2D eigenvalue weighted by Crippen LogP contribution is -2.44. The smallest absolute Gasteiger partial charge is 0.250 e. The van der Waals surface area contributed by atoms with Crippen molar-refractivity contribution < 1.29 is 4.43 Å². The summed E-state index contributed by atoms with van der Waals surface area (Å²) in [7, 11) is 2.30. The van der Waals surface area contributed by atoms with Crippen LogP contribution in [0.4, 0.5) is 0 Å². The molecule has 0 aliphatic heterocycles. The third kappa shape index (κ3) is 4.46. The van der Waals surface area contributed by atoms with Crippen LogP contribution in [0.25, 0.3) is 0 Å². The van der Waals surface area contributed by atoms with Crippen molar-refractivity contribution in [3.63, 3.8) is 0 Å². The Kier molecular flexibility index (Phi) is 6.75. The molecule has 186 valence electrons. The molecule has 3 nitrogen and oxygen atoms in total. The van der Waals surface area contributed by atoms with Gasteiger partial charge in [0.05, 0.1) is 0 Å². The van der Waals surface area contributed by atoms with Crippen LogP contribution in [0.5, 0.6) is 5.75 Å². The molecule has 0 N–H and O–H groups in total. The molecule has 3 aliphatic carbocycles. The summed E-state index contributed by atoms with van der Waals surface area (Å²) in [6, 6.07) is 7.05. The number of rotatable bonds is 5. The number of terminal acetylenes is 1. The molecule has 0 bridgehead atoms. The molecular weight excluding hydrogens is 432 g/mol. The maximum Gasteiger partial charge on any atom is 0.250 e. The molecule has 2 saturated carbocycles. The lowest BCUT2D eigenvalue weighted by atomic mass is 9.55. The summed E-state index contributed by atoms with van der Waals surface area (Å²) in [5, 5.41) is 7.31. The van der Waals surface area contributed by atoms with Crippen LogP contribution in [0.15, 0.2) is 23.3 Å². The van der Waals surface area contributed by atoms with E-state index in [0.717, 1.165) is 24.5 Å². The van der Waals surface area contributed by atoms with Crippen LogP contribution in [-0.4, -0.2) is 33.1 Å². The van der Waals surface area contributed by atoms with E-state index in [4.69, 9.17) is 16.0 Å². The zero-order chi connectivity index (χ0) is 24.9. The highest BCUT2D eigenvalue weighted by molar-refractivity contribution is 6.74. The third-order valence-electron chi connectivity index (χ3n) is 9.72. The van der Waals surface area contributed by atoms with Crippen molar-refractivity contribution in [3.8, 4) is 18.1 Å². The summed E-state index contributed by atoms with van der Waals surface area (Å²) >= 11 is 0. The second-order valence-corrected chi connectivity index (χ2v) is 17.8. The van der Waals surface area contributed by atoms with Crippen molar-refractivity contribution in [2.24, 2.45) is 28.3 Å². The molecule has 0 aromatic heterocycles. The van der Waals surface area contributed by atoms with Crippen LogP contribution >= 0.6 is 0 Å². The van der Waals surface area contributed by atoms with Gasteiger partial charge in [-0.3, -0.25) is 0 Å². The van der Waals surface area contributed by atoms with Gasteiger partial charge in [0.1, 0.15) is 5.75 Å². The average molecular weight is 479 g/mol. The van der Waals surface area contributed by atoms with E-state index < -0.39 is 8.32 Å². The van der Waals surface area contributed by atoms with Crippen molar-refractivity contribution in [2.45, 2.75) is 96.7 Å². The lowest BCUT2D eigenvalue weighted by Gasteiger charge is -2.49. The fourth-order valence-electron chi connectivity index (χ4n) is 6.95. The van der Waals surface area contributed by atoms with Crippen LogP contribution in [-0.2, 0) is 6.42 Å². The van der Waals surface area contributed by atoms with E-state index in [2.05, 4.69) is 79.0 Å². The number of aryl methyl sites for hydroxylation is 1. The number of benzene rings is 1. The molecule has 0 heterocycles. The Hall–Kier alpha value is -1.73. The van der Waals surface area contributed by atoms with Crippen molar-refractivity contribution >= 4 is 14.0 Å². The van der Waals surface area contributed by atoms with Crippen molar-refractivity contribution in [1.29, 1.82) is 0 Å². The van der Waals surface area contributed by atoms with E-state index in [1.165, 1.54) is 43.4 Å². The predicted octanol–water partition coefficient (Wildman–Crippen LogP) is 7.48. The van der Waals surface area contributed by atoms with Crippen molar-refractivity contribution in [1.82, 2.24) is 5.01 Å². The molecule has 1 aromatic carbocycles. The van der Waals surface area contributed by atoms with Gasteiger partial charge in [-0.25, -0.2) is 0 Å². The van der Waals surface area contributed by atoms with Crippen molar-refractivity contribution in [3.05, 3.63) is 29.3 Å². The minimum absolute atomic E-state index is 0.214. The zero-order valence-corrected chi connectivity index (χ0v) is 23.9. The molecule has 0 amide bonds. The molecule has 2 fully saturated rings. The first-order chi connectivity index (χ1) is 15.9. The van der Waals surface area contributed by atoms with Gasteiger partial charge in [-0.1, -0.05) is 33.8 Å². The molecule has 5 atom stereocenters. The van der Waals surface area contributed by atoms with E-state index >= 15 is 0 Å². The van der Waals surface area contributed by atoms with Gasteiger partial charge in [0.15, 0.2) is 0 Å². The van der Waals surface area contributed by atoms with Gasteiger partial charge in [-0.15, -0.1) is 12.3 Å². The lowest BCUT2D eigenvalue weighted by molar-refractivity contribution is 0.0922. The van der Waals surface area contributed by atoms with Crippen molar-refractivity contribution in [2.75, 3.05) is 14.1 Å². The Balaban J connectivity index is 1.60. The highest BCUT2D eigenvalue weighted by Gasteiger charge is 2.56. The summed E-state index contributed by atoms with van der Waals surface area (Å²) in [5.41, 5.74) is 4.78. The molecule has 0 radical (unpaired) electrons. The topological polar surface area (TPSA) is 24.8 Å². The van der Waals surface area contributed by atoms with Crippen LogP contribution in [0.2, 0.25) is 18.1 Å². The van der Waals surface area contributed by atoms with E-state index in [9.17, 15) is 0 Å². The molecule has 0 saturated heterocycles. The summed E-state index contributed by atoms with van der Waals surface area (Å²) in [5.74, 6) is 6.64. The molecule has 34 heavy (non-hydrogen) atoms. The molecule has 0 unspecified atom stereocenters. The van der Waals surface area contributed by atoms with Gasteiger partial charge in [0.25, 0.3) is 0 Å². The largest absolute Gasteiger partial charge is 0.543 e. The van der Waals surface area contributed by atoms with Crippen LogP contribution < -0.4 is 4.43 Å². The average Bonchev–Trinajstić information content (AvgIpc) is 3.02. The summed E-state index contributed by atoms with van der Waals surface area (Å²) < 4.78 is 6.66. The number of hydrazone groups is 1. The fourth-order valence-corrected chi connectivity index (χ4v) is 7.97. The first kappa shape index (κ1) is 25.4. The SMILES string of the molecule is C#CCC[C@@H]1C[C@H]2[C@@H]3CCc4cc(O[Si](C)(C)C(C)(C)C)ccc4[C@H]3CC[C@]2(C)/C1=N/N(C)C. The summed E-state index contributed by atoms with van der Waals surface area (Å²) in [4.78, 5) is 0. The Morgan fingerprint density at radius 3 is 2.62 bits per heavy atom. The minimum Gasteiger partial charge on any atom is -0.543 e. The number of hydrogen-bond acceptors (Lipinski definition) is 3. The highest BCUT2D eigenvalue weighted by Crippen LogP contribution is 2.61. The third-order valence-corrected chi connectivity index (χ3v) is 14.1. The van der Waals surface area contributed by atoms with E-state index in [1.807, 2.05) is 5.01 Å². The predicted molar refractivity (Wildman–Crippen MR) is 147 cm³/mol. The standard InChI is InChI=1S/C30H46N2OSi/c1-10-11-12-22-20-27-26-15-13-21-19-23(33-34(8,9)29(2,3)4)14-16-24(21)25(26)17-18-30(27,5)28(22)31-32(6)7/h1,14,16,19,22,25-27H,11-13,15,17-18,20H2,2-9H3/b31-28+/t22-,25-,26-,27+,30+/m1/s1. The maximum absolute atomic E-state index is 6.66. The van der Waals surface area contributed by atoms with E-state index in [-0.39, 0.29) is 10.5 Å². The number of fused-ring (bicyclic) bond motifs is 5. The molecule has 4 heteroatoms. The van der Waals surface area contributed by atoms with Crippen LogP contribution in [0, 0.1) is 35.5 Å². The second kappa shape index (κ2) is 9.05. The number of hydrogen-bond donors (Lipinski definition) is 0. The van der Waals surface area contributed by atoms with E-state index in [0.29, 0.717) is 17.8 Å². The van der Waals surface area contributed by atoms with Gasteiger partial charge < -0.3 is 9.43 Å². The van der Waals surface area contributed by atoms with Gasteiger partial charge >= 0.3 is 0 Å². The summed E-state index contributed by atoms with van der Waals surface area (Å²) in [6.45, 7) is 14.1. The monoisotopic (exact) mass is 478 g/mol. The first-order valence-electron chi connectivity index (χ1n) is 13.4. The Bertz CT molecular complexity index is 982. The van der Waals surface area contributed by atoms with Gasteiger partial charge in [0.2, 0.25) is 8.32 Å². The Morgan fingerprint density at radius 2 is 1.97 bits per heavy atom.